The highest BCUT2D eigenvalue weighted by molar-refractivity contribution is 6.37. The third-order valence-corrected chi connectivity index (χ3v) is 3.67. The Balaban J connectivity index is 2.20. The number of rotatable bonds is 2. The molecule has 0 spiro atoms. The summed E-state index contributed by atoms with van der Waals surface area (Å²) in [6.07, 6.45) is 0.284. The van der Waals surface area contributed by atoms with Crippen LogP contribution in [-0.4, -0.2) is 11.9 Å². The summed E-state index contributed by atoms with van der Waals surface area (Å²) in [4.78, 5) is 11.4. The fourth-order valence-corrected chi connectivity index (χ4v) is 2.15. The minimum atomic E-state index is -0.442. The summed E-state index contributed by atoms with van der Waals surface area (Å²) in [5, 5.41) is 0.949. The number of Topliss-reactive ketones (excluding diaryl/α,β-unsaturated/α-hetero) is 1. The number of ether oxygens (including phenoxy) is 1. The van der Waals surface area contributed by atoms with Crippen molar-refractivity contribution in [1.82, 2.24) is 0 Å². The number of hydrogen-bond acceptors (Lipinski definition) is 2. The van der Waals surface area contributed by atoms with Crippen molar-refractivity contribution in [3.63, 3.8) is 0 Å². The topological polar surface area (TPSA) is 26.3 Å². The van der Waals surface area contributed by atoms with Crippen molar-refractivity contribution in [2.45, 2.75) is 26.4 Å². The van der Waals surface area contributed by atoms with Gasteiger partial charge < -0.3 is 4.74 Å². The van der Waals surface area contributed by atoms with Gasteiger partial charge in [-0.05, 0) is 26.0 Å². The normalized spacial score (nSPS) is 22.8. The van der Waals surface area contributed by atoms with Gasteiger partial charge in [0.25, 0.3) is 0 Å². The smallest absolute Gasteiger partial charge is 0.156 e. The van der Waals surface area contributed by atoms with Crippen LogP contribution in [-0.2, 0) is 4.79 Å². The zero-order valence-corrected chi connectivity index (χ0v) is 10.6. The Morgan fingerprint density at radius 1 is 1.31 bits per heavy atom. The molecule has 1 unspecified atom stereocenters. The monoisotopic (exact) mass is 258 g/mol. The minimum absolute atomic E-state index is 0.141. The molecule has 0 radical (unpaired) electrons. The standard InChI is InChI=1S/C12H12Cl2O2/c1-12(2)9(15)6-10(12)16-11-7(13)4-3-5-8(11)14/h3-5,10H,6H2,1-2H3. The Kier molecular flexibility index (Phi) is 2.89. The van der Waals surface area contributed by atoms with E-state index < -0.39 is 5.41 Å². The molecule has 4 heteroatoms. The molecule has 16 heavy (non-hydrogen) atoms. The van der Waals surface area contributed by atoms with Crippen LogP contribution in [0.4, 0.5) is 0 Å². The summed E-state index contributed by atoms with van der Waals surface area (Å²) < 4.78 is 5.71. The third kappa shape index (κ3) is 1.80. The van der Waals surface area contributed by atoms with Crippen LogP contribution in [0, 0.1) is 5.41 Å². The molecule has 0 amide bonds. The van der Waals surface area contributed by atoms with E-state index in [0.29, 0.717) is 22.2 Å². The Morgan fingerprint density at radius 2 is 1.88 bits per heavy atom. The molecule has 1 fully saturated rings. The number of halogens is 2. The lowest BCUT2D eigenvalue weighted by Gasteiger charge is -2.42. The van der Waals surface area contributed by atoms with Crippen molar-refractivity contribution >= 4 is 29.0 Å². The van der Waals surface area contributed by atoms with Crippen molar-refractivity contribution < 1.29 is 9.53 Å². The summed E-state index contributed by atoms with van der Waals surface area (Å²) >= 11 is 12.0. The van der Waals surface area contributed by atoms with E-state index in [4.69, 9.17) is 27.9 Å². The van der Waals surface area contributed by atoms with Gasteiger partial charge in [-0.2, -0.15) is 0 Å². The van der Waals surface area contributed by atoms with Gasteiger partial charge in [0.1, 0.15) is 11.9 Å². The molecule has 0 bridgehead atoms. The molecule has 1 aromatic carbocycles. The first-order valence-electron chi connectivity index (χ1n) is 5.07. The van der Waals surface area contributed by atoms with Crippen molar-refractivity contribution in [2.24, 2.45) is 5.41 Å². The average molecular weight is 259 g/mol. The van der Waals surface area contributed by atoms with Crippen LogP contribution in [0.2, 0.25) is 10.0 Å². The van der Waals surface area contributed by atoms with Gasteiger partial charge in [-0.25, -0.2) is 0 Å². The molecule has 1 aliphatic carbocycles. The molecule has 1 saturated carbocycles. The molecule has 2 nitrogen and oxygen atoms in total. The van der Waals surface area contributed by atoms with Gasteiger partial charge in [0, 0.05) is 6.42 Å². The summed E-state index contributed by atoms with van der Waals surface area (Å²) in [5.41, 5.74) is -0.442. The van der Waals surface area contributed by atoms with Crippen LogP contribution in [0.1, 0.15) is 20.3 Å². The highest BCUT2D eigenvalue weighted by atomic mass is 35.5. The second kappa shape index (κ2) is 3.94. The second-order valence-electron chi connectivity index (χ2n) is 4.51. The van der Waals surface area contributed by atoms with Crippen molar-refractivity contribution in [3.05, 3.63) is 28.2 Å². The Hall–Kier alpha value is -0.730. The van der Waals surface area contributed by atoms with Gasteiger partial charge in [-0.1, -0.05) is 29.3 Å². The van der Waals surface area contributed by atoms with Crippen LogP contribution in [0.5, 0.6) is 5.75 Å². The highest BCUT2D eigenvalue weighted by Gasteiger charge is 2.49. The molecule has 0 aliphatic heterocycles. The van der Waals surface area contributed by atoms with Gasteiger partial charge in [0.2, 0.25) is 0 Å². The lowest BCUT2D eigenvalue weighted by atomic mass is 9.68. The molecule has 0 heterocycles. The summed E-state index contributed by atoms with van der Waals surface area (Å²) in [6.45, 7) is 3.74. The number of para-hydroxylation sites is 1. The molecule has 0 saturated heterocycles. The van der Waals surface area contributed by atoms with Crippen LogP contribution in [0.25, 0.3) is 0 Å². The van der Waals surface area contributed by atoms with Gasteiger partial charge >= 0.3 is 0 Å². The van der Waals surface area contributed by atoms with Crippen molar-refractivity contribution in [2.75, 3.05) is 0 Å². The largest absolute Gasteiger partial charge is 0.486 e. The van der Waals surface area contributed by atoms with Crippen LogP contribution in [0.3, 0.4) is 0 Å². The van der Waals surface area contributed by atoms with Crippen molar-refractivity contribution in [1.29, 1.82) is 0 Å². The van der Waals surface area contributed by atoms with E-state index in [1.54, 1.807) is 18.2 Å². The Bertz CT molecular complexity index is 420. The molecule has 1 aliphatic rings. The van der Waals surface area contributed by atoms with E-state index in [1.807, 2.05) is 13.8 Å². The zero-order chi connectivity index (χ0) is 11.9. The molecular weight excluding hydrogens is 247 g/mol. The van der Waals surface area contributed by atoms with Crippen LogP contribution in [0.15, 0.2) is 18.2 Å². The zero-order valence-electron chi connectivity index (χ0n) is 9.09. The van der Waals surface area contributed by atoms with E-state index in [-0.39, 0.29) is 11.9 Å². The minimum Gasteiger partial charge on any atom is -0.486 e. The summed E-state index contributed by atoms with van der Waals surface area (Å²) in [7, 11) is 0. The van der Waals surface area contributed by atoms with E-state index in [9.17, 15) is 4.79 Å². The maximum atomic E-state index is 11.4. The first-order chi connectivity index (χ1) is 7.43. The van der Waals surface area contributed by atoms with E-state index in [0.717, 1.165) is 0 Å². The molecule has 0 aromatic heterocycles. The number of carbonyl (C=O) groups excluding carboxylic acids is 1. The van der Waals surface area contributed by atoms with E-state index >= 15 is 0 Å². The van der Waals surface area contributed by atoms with Crippen molar-refractivity contribution in [3.8, 4) is 5.75 Å². The predicted molar refractivity (Wildman–Crippen MR) is 64.3 cm³/mol. The van der Waals surface area contributed by atoms with Gasteiger partial charge in [0.15, 0.2) is 5.75 Å². The number of ketones is 1. The maximum Gasteiger partial charge on any atom is 0.156 e. The number of benzene rings is 1. The fraction of sp³-hybridized carbons (Fsp3) is 0.417. The molecule has 86 valence electrons. The molecular formula is C12H12Cl2O2. The van der Waals surface area contributed by atoms with Gasteiger partial charge in [-0.3, -0.25) is 4.79 Å². The van der Waals surface area contributed by atoms with Crippen LogP contribution >= 0.6 is 23.2 Å². The first kappa shape index (κ1) is 11.7. The molecule has 1 aromatic rings. The SMILES string of the molecule is CC1(C)C(=O)CC1Oc1c(Cl)cccc1Cl. The fourth-order valence-electron chi connectivity index (χ4n) is 1.66. The Morgan fingerprint density at radius 3 is 2.31 bits per heavy atom. The summed E-state index contributed by atoms with van der Waals surface area (Å²) in [6, 6.07) is 5.20. The Labute approximate surface area is 104 Å². The van der Waals surface area contributed by atoms with Gasteiger partial charge in [-0.15, -0.1) is 0 Å². The molecule has 1 atom stereocenters. The second-order valence-corrected chi connectivity index (χ2v) is 5.32. The predicted octanol–water partition coefficient (Wildman–Crippen LogP) is 3.74. The maximum absolute atomic E-state index is 11.4. The average Bonchev–Trinajstić information content (AvgIpc) is 2.22. The van der Waals surface area contributed by atoms with E-state index in [2.05, 4.69) is 0 Å². The van der Waals surface area contributed by atoms with Gasteiger partial charge in [0.05, 0.1) is 15.5 Å². The van der Waals surface area contributed by atoms with E-state index in [1.165, 1.54) is 0 Å². The lowest BCUT2D eigenvalue weighted by molar-refractivity contribution is -0.148. The van der Waals surface area contributed by atoms with Crippen LogP contribution < -0.4 is 4.74 Å². The lowest BCUT2D eigenvalue weighted by Crippen LogP contribution is -2.53. The quantitative estimate of drug-likeness (QED) is 0.808. The highest BCUT2D eigenvalue weighted by Crippen LogP contribution is 2.42. The number of hydrogen-bond donors (Lipinski definition) is 0. The number of carbonyl (C=O) groups is 1. The molecule has 0 N–H and O–H groups in total. The first-order valence-corrected chi connectivity index (χ1v) is 5.82. The summed E-state index contributed by atoms with van der Waals surface area (Å²) in [5.74, 6) is 0.678. The third-order valence-electron chi connectivity index (χ3n) is 3.07. The molecule has 2 rings (SSSR count).